The molecule has 1 N–H and O–H groups in total. The van der Waals surface area contributed by atoms with Crippen LogP contribution in [0.3, 0.4) is 0 Å². The number of pyridine rings is 1. The van der Waals surface area contributed by atoms with Gasteiger partial charge in [-0.1, -0.05) is 11.2 Å². The Bertz CT molecular complexity index is 896. The van der Waals surface area contributed by atoms with E-state index in [9.17, 15) is 9.59 Å². The van der Waals surface area contributed by atoms with Gasteiger partial charge in [-0.3, -0.25) is 4.79 Å². The number of thiophene rings is 1. The molecular weight excluding hydrogens is 318 g/mol. The molecule has 0 unspecified atom stereocenters. The molecule has 0 aromatic carbocycles. The first-order valence-electron chi connectivity index (χ1n) is 6.82. The van der Waals surface area contributed by atoms with Crippen molar-refractivity contribution in [2.24, 2.45) is 0 Å². The second-order valence-corrected chi connectivity index (χ2v) is 6.00. The summed E-state index contributed by atoms with van der Waals surface area (Å²) in [7, 11) is 0. The molecular formula is C15H13N3O4S. The van der Waals surface area contributed by atoms with Crippen molar-refractivity contribution in [3.8, 4) is 0 Å². The molecule has 0 aliphatic rings. The topological polar surface area (TPSA) is 98.2 Å². The first-order valence-corrected chi connectivity index (χ1v) is 7.69. The number of aromatic nitrogens is 3. The SMILES string of the molecule is Cc1ccn(Cc2noc(Cc3cccs3)n2)c(=O)c1C(=O)O. The Balaban J connectivity index is 1.83. The molecule has 3 heterocycles. The summed E-state index contributed by atoms with van der Waals surface area (Å²) in [5.41, 5.74) is -0.401. The number of aromatic carboxylic acids is 1. The molecule has 0 bridgehead atoms. The maximum atomic E-state index is 12.2. The van der Waals surface area contributed by atoms with Crippen molar-refractivity contribution in [1.29, 1.82) is 0 Å². The van der Waals surface area contributed by atoms with Crippen molar-refractivity contribution in [3.05, 3.63) is 67.8 Å². The minimum Gasteiger partial charge on any atom is -0.477 e. The zero-order valence-corrected chi connectivity index (χ0v) is 13.0. The fraction of sp³-hybridized carbons (Fsp3) is 0.200. The molecule has 7 nitrogen and oxygen atoms in total. The molecule has 0 atom stereocenters. The monoisotopic (exact) mass is 331 g/mol. The number of hydrogen-bond acceptors (Lipinski definition) is 6. The summed E-state index contributed by atoms with van der Waals surface area (Å²) >= 11 is 1.59. The molecule has 3 aromatic heterocycles. The van der Waals surface area contributed by atoms with Gasteiger partial charge in [0.15, 0.2) is 5.82 Å². The third-order valence-electron chi connectivity index (χ3n) is 3.31. The minimum absolute atomic E-state index is 0.0628. The highest BCUT2D eigenvalue weighted by molar-refractivity contribution is 7.09. The van der Waals surface area contributed by atoms with E-state index in [0.29, 0.717) is 23.7 Å². The number of carboxylic acids is 1. The van der Waals surface area contributed by atoms with E-state index in [2.05, 4.69) is 10.1 Å². The molecule has 3 aromatic rings. The molecule has 0 fully saturated rings. The Morgan fingerprint density at radius 1 is 1.43 bits per heavy atom. The van der Waals surface area contributed by atoms with Gasteiger partial charge in [-0.05, 0) is 30.0 Å². The number of aryl methyl sites for hydroxylation is 1. The van der Waals surface area contributed by atoms with E-state index >= 15 is 0 Å². The molecule has 0 radical (unpaired) electrons. The van der Waals surface area contributed by atoms with Gasteiger partial charge in [0, 0.05) is 11.1 Å². The van der Waals surface area contributed by atoms with Crippen LogP contribution in [0.2, 0.25) is 0 Å². The molecule has 0 aliphatic carbocycles. The van der Waals surface area contributed by atoms with Gasteiger partial charge in [0.1, 0.15) is 5.56 Å². The standard InChI is InChI=1S/C15H13N3O4S/c1-9-4-5-18(14(19)13(9)15(20)21)8-11-16-12(22-17-11)7-10-3-2-6-23-10/h2-6H,7-8H2,1H3,(H,20,21). The lowest BCUT2D eigenvalue weighted by Gasteiger charge is -2.05. The molecule has 0 saturated carbocycles. The molecule has 0 aliphatic heterocycles. The normalized spacial score (nSPS) is 10.8. The summed E-state index contributed by atoms with van der Waals surface area (Å²) in [4.78, 5) is 28.7. The van der Waals surface area contributed by atoms with Crippen molar-refractivity contribution in [2.75, 3.05) is 0 Å². The highest BCUT2D eigenvalue weighted by Crippen LogP contribution is 2.13. The summed E-state index contributed by atoms with van der Waals surface area (Å²) in [5.74, 6) is -0.451. The van der Waals surface area contributed by atoms with E-state index in [0.717, 1.165) is 4.88 Å². The second-order valence-electron chi connectivity index (χ2n) is 4.97. The van der Waals surface area contributed by atoms with Crippen LogP contribution < -0.4 is 5.56 Å². The van der Waals surface area contributed by atoms with Crippen LogP contribution in [0.1, 0.15) is 32.5 Å². The third-order valence-corrected chi connectivity index (χ3v) is 4.19. The second kappa shape index (κ2) is 6.17. The van der Waals surface area contributed by atoms with E-state index in [1.807, 2.05) is 17.5 Å². The fourth-order valence-corrected chi connectivity index (χ4v) is 2.89. The quantitative estimate of drug-likeness (QED) is 0.767. The van der Waals surface area contributed by atoms with Crippen LogP contribution in [-0.4, -0.2) is 25.8 Å². The molecule has 3 rings (SSSR count). The van der Waals surface area contributed by atoms with Crippen LogP contribution >= 0.6 is 11.3 Å². The highest BCUT2D eigenvalue weighted by atomic mass is 32.1. The van der Waals surface area contributed by atoms with Crippen molar-refractivity contribution >= 4 is 17.3 Å². The van der Waals surface area contributed by atoms with Crippen LogP contribution in [0.4, 0.5) is 0 Å². The van der Waals surface area contributed by atoms with Gasteiger partial charge in [-0.15, -0.1) is 11.3 Å². The zero-order chi connectivity index (χ0) is 16.4. The maximum absolute atomic E-state index is 12.2. The highest BCUT2D eigenvalue weighted by Gasteiger charge is 2.16. The van der Waals surface area contributed by atoms with Crippen molar-refractivity contribution < 1.29 is 14.4 Å². The number of carbonyl (C=O) groups is 1. The largest absolute Gasteiger partial charge is 0.477 e. The van der Waals surface area contributed by atoms with Gasteiger partial charge < -0.3 is 14.2 Å². The average molecular weight is 331 g/mol. The van der Waals surface area contributed by atoms with Crippen LogP contribution in [0, 0.1) is 6.92 Å². The predicted octanol–water partition coefficient (Wildman–Crippen LogP) is 1.94. The van der Waals surface area contributed by atoms with E-state index in [1.54, 1.807) is 24.3 Å². The first-order chi connectivity index (χ1) is 11.0. The predicted molar refractivity (Wildman–Crippen MR) is 82.9 cm³/mol. The fourth-order valence-electron chi connectivity index (χ4n) is 2.19. The molecule has 0 spiro atoms. The van der Waals surface area contributed by atoms with Crippen LogP contribution in [0.5, 0.6) is 0 Å². The number of carboxylic acid groups (broad SMARTS) is 1. The van der Waals surface area contributed by atoms with Gasteiger partial charge in [0.2, 0.25) is 5.89 Å². The third kappa shape index (κ3) is 3.21. The first kappa shape index (κ1) is 15.2. The van der Waals surface area contributed by atoms with Crippen LogP contribution in [0.15, 0.2) is 39.1 Å². The lowest BCUT2D eigenvalue weighted by molar-refractivity contribution is 0.0693. The van der Waals surface area contributed by atoms with Gasteiger partial charge in [0.05, 0.1) is 13.0 Å². The minimum atomic E-state index is -1.24. The lowest BCUT2D eigenvalue weighted by Crippen LogP contribution is -2.27. The Morgan fingerprint density at radius 2 is 2.26 bits per heavy atom. The Morgan fingerprint density at radius 3 is 2.96 bits per heavy atom. The summed E-state index contributed by atoms with van der Waals surface area (Å²) in [6.45, 7) is 1.65. The van der Waals surface area contributed by atoms with Gasteiger partial charge in [0.25, 0.3) is 5.56 Å². The van der Waals surface area contributed by atoms with Gasteiger partial charge in [-0.25, -0.2) is 4.79 Å². The van der Waals surface area contributed by atoms with Crippen LogP contribution in [-0.2, 0) is 13.0 Å². The van der Waals surface area contributed by atoms with E-state index < -0.39 is 11.5 Å². The summed E-state index contributed by atoms with van der Waals surface area (Å²) in [6.07, 6.45) is 2.06. The average Bonchev–Trinajstić information content (AvgIpc) is 3.14. The Kier molecular flexibility index (Phi) is 4.07. The molecule has 8 heteroatoms. The van der Waals surface area contributed by atoms with Crippen molar-refractivity contribution in [3.63, 3.8) is 0 Å². The lowest BCUT2D eigenvalue weighted by atomic mass is 10.1. The summed E-state index contributed by atoms with van der Waals surface area (Å²) in [5, 5.41) is 14.9. The molecule has 0 saturated heterocycles. The molecule has 118 valence electrons. The van der Waals surface area contributed by atoms with E-state index in [-0.39, 0.29) is 12.1 Å². The van der Waals surface area contributed by atoms with Crippen molar-refractivity contribution in [2.45, 2.75) is 19.9 Å². The zero-order valence-electron chi connectivity index (χ0n) is 12.2. The maximum Gasteiger partial charge on any atom is 0.341 e. The summed E-state index contributed by atoms with van der Waals surface area (Å²) in [6, 6.07) is 5.49. The Labute approximate surface area is 134 Å². The number of rotatable bonds is 5. The molecule has 23 heavy (non-hydrogen) atoms. The van der Waals surface area contributed by atoms with Gasteiger partial charge in [-0.2, -0.15) is 4.98 Å². The smallest absolute Gasteiger partial charge is 0.341 e. The Hall–Kier alpha value is -2.74. The van der Waals surface area contributed by atoms with E-state index in [4.69, 9.17) is 9.63 Å². The number of hydrogen-bond donors (Lipinski definition) is 1. The van der Waals surface area contributed by atoms with Crippen LogP contribution in [0.25, 0.3) is 0 Å². The van der Waals surface area contributed by atoms with Crippen molar-refractivity contribution in [1.82, 2.24) is 14.7 Å². The van der Waals surface area contributed by atoms with Gasteiger partial charge >= 0.3 is 5.97 Å². The molecule has 0 amide bonds. The number of nitrogens with zero attached hydrogens (tertiary/aromatic N) is 3. The summed E-state index contributed by atoms with van der Waals surface area (Å²) < 4.78 is 6.43. The van der Waals surface area contributed by atoms with E-state index in [1.165, 1.54) is 10.8 Å².